The molecule has 1 aromatic heterocycles. The molecule has 7 nitrogen and oxygen atoms in total. The molecule has 1 aliphatic carbocycles. The van der Waals surface area contributed by atoms with Gasteiger partial charge in [-0.3, -0.25) is 19.5 Å². The summed E-state index contributed by atoms with van der Waals surface area (Å²) in [6.45, 7) is 4.46. The number of amides is 2. The van der Waals surface area contributed by atoms with Gasteiger partial charge in [0.1, 0.15) is 0 Å². The van der Waals surface area contributed by atoms with Crippen molar-refractivity contribution in [3.05, 3.63) is 60.7 Å². The molecule has 10 heteroatoms. The molecule has 3 N–H and O–H groups in total. The molecule has 0 unspecified atom stereocenters. The van der Waals surface area contributed by atoms with Crippen molar-refractivity contribution in [3.8, 4) is 0 Å². The van der Waals surface area contributed by atoms with Crippen molar-refractivity contribution in [3.63, 3.8) is 0 Å². The number of piperidine rings is 2. The van der Waals surface area contributed by atoms with Crippen molar-refractivity contribution in [1.82, 2.24) is 20.1 Å². The van der Waals surface area contributed by atoms with E-state index in [0.717, 1.165) is 84.4 Å². The van der Waals surface area contributed by atoms with E-state index in [2.05, 4.69) is 54.2 Å². The van der Waals surface area contributed by atoms with Gasteiger partial charge in [0.15, 0.2) is 0 Å². The molecule has 0 saturated carbocycles. The van der Waals surface area contributed by atoms with Crippen LogP contribution in [0, 0.1) is 11.8 Å². The number of rotatable bonds is 6. The average Bonchev–Trinajstić information content (AvgIpc) is 3.09. The number of aromatic nitrogens is 1. The van der Waals surface area contributed by atoms with Crippen LogP contribution in [0.25, 0.3) is 0 Å². The molecule has 2 saturated heterocycles. The van der Waals surface area contributed by atoms with Gasteiger partial charge in [-0.1, -0.05) is 27.5 Å². The maximum absolute atomic E-state index is 13.2. The maximum atomic E-state index is 13.2. The van der Waals surface area contributed by atoms with Crippen molar-refractivity contribution >= 4 is 55.3 Å². The van der Waals surface area contributed by atoms with E-state index in [4.69, 9.17) is 22.3 Å². The molecule has 2 amide bonds. The molecular formula is C29H36Br2ClN5O2. The first kappa shape index (κ1) is 29.0. The zero-order valence-corrected chi connectivity index (χ0v) is 26.0. The number of carbonyl (C=O) groups excluding carboxylic acids is 2. The molecule has 2 aromatic rings. The number of hydrogen-bond donors (Lipinski definition) is 2. The van der Waals surface area contributed by atoms with Gasteiger partial charge in [0.2, 0.25) is 11.8 Å². The third-order valence-corrected chi connectivity index (χ3v) is 9.85. The van der Waals surface area contributed by atoms with Crippen molar-refractivity contribution in [2.45, 2.75) is 44.4 Å². The number of nitrogens with zero attached hydrogens (tertiary/aromatic N) is 3. The largest absolute Gasteiger partial charge is 0.355 e. The Hall–Kier alpha value is -1.52. The number of likely N-dealkylation sites (tertiary alicyclic amines) is 2. The molecule has 0 bridgehead atoms. The normalized spacial score (nSPS) is 20.7. The third-order valence-electron chi connectivity index (χ3n) is 8.54. The van der Waals surface area contributed by atoms with Crippen LogP contribution in [0.5, 0.6) is 0 Å². The van der Waals surface area contributed by atoms with Gasteiger partial charge in [0, 0.05) is 58.2 Å². The van der Waals surface area contributed by atoms with Gasteiger partial charge in [0.05, 0.1) is 12.2 Å². The van der Waals surface area contributed by atoms with E-state index >= 15 is 0 Å². The van der Waals surface area contributed by atoms with Gasteiger partial charge in [0.25, 0.3) is 0 Å². The highest BCUT2D eigenvalue weighted by molar-refractivity contribution is 9.10. The first-order valence-corrected chi connectivity index (χ1v) is 15.9. The second kappa shape index (κ2) is 13.0. The van der Waals surface area contributed by atoms with Crippen LogP contribution in [0.4, 0.5) is 0 Å². The lowest BCUT2D eigenvalue weighted by atomic mass is 9.76. The second-order valence-electron chi connectivity index (χ2n) is 11.0. The minimum Gasteiger partial charge on any atom is -0.355 e. The molecule has 0 spiro atoms. The molecule has 1 atom stereocenters. The minimum atomic E-state index is 0.0208. The summed E-state index contributed by atoms with van der Waals surface area (Å²) in [5.74, 6) is 0.854. The van der Waals surface area contributed by atoms with Crippen molar-refractivity contribution in [2.24, 2.45) is 17.6 Å². The van der Waals surface area contributed by atoms with Crippen LogP contribution >= 0.6 is 43.5 Å². The Bertz CT molecular complexity index is 1210. The predicted molar refractivity (Wildman–Crippen MR) is 161 cm³/mol. The van der Waals surface area contributed by atoms with Crippen LogP contribution in [0.3, 0.4) is 0 Å². The summed E-state index contributed by atoms with van der Waals surface area (Å²) < 4.78 is 2.05. The molecule has 5 rings (SSSR count). The summed E-state index contributed by atoms with van der Waals surface area (Å²) in [6, 6.07) is 6.32. The summed E-state index contributed by atoms with van der Waals surface area (Å²) >= 11 is 13.9. The number of benzene rings is 1. The highest BCUT2D eigenvalue weighted by atomic mass is 79.9. The molecular weight excluding hydrogens is 646 g/mol. The monoisotopic (exact) mass is 679 g/mol. The van der Waals surface area contributed by atoms with Crippen molar-refractivity contribution in [2.75, 3.05) is 45.8 Å². The minimum absolute atomic E-state index is 0.0208. The third kappa shape index (κ3) is 6.70. The Morgan fingerprint density at radius 2 is 1.74 bits per heavy atom. The number of halogens is 3. The number of carbonyl (C=O) groups is 2. The Kier molecular flexibility index (Phi) is 9.65. The van der Waals surface area contributed by atoms with E-state index in [1.807, 2.05) is 17.2 Å². The quantitative estimate of drug-likeness (QED) is 0.469. The van der Waals surface area contributed by atoms with Crippen LogP contribution in [0.2, 0.25) is 5.02 Å². The van der Waals surface area contributed by atoms with Gasteiger partial charge < -0.3 is 16.0 Å². The van der Waals surface area contributed by atoms with Crippen molar-refractivity contribution < 1.29 is 9.59 Å². The molecule has 3 aliphatic rings. The Morgan fingerprint density at radius 1 is 1.03 bits per heavy atom. The van der Waals surface area contributed by atoms with Crippen LogP contribution in [-0.2, 0) is 22.4 Å². The Balaban J connectivity index is 1.23. The van der Waals surface area contributed by atoms with Gasteiger partial charge in [-0.05, 0) is 108 Å². The number of nitrogens with two attached hydrogens (primary N) is 1. The standard InChI is InChI=1S/C29H36Br2ClN5O2/c30-22-13-21-2-1-20-14-23(32)15-24(31)26(20)27(28(21)35-16-22)18-5-11-37(12-6-18)25(38)17-36-9-3-19(4-10-36)29(39)34-8-7-33/h13-16,18-19,27H,1-12,17,33H2,(H,34,39)/t27-/m1/s1. The fourth-order valence-electron chi connectivity index (χ4n) is 6.50. The smallest absolute Gasteiger partial charge is 0.236 e. The molecule has 210 valence electrons. The lowest BCUT2D eigenvalue weighted by molar-refractivity contribution is -0.134. The second-order valence-corrected chi connectivity index (χ2v) is 13.2. The fraction of sp³-hybridized carbons (Fsp3) is 0.552. The first-order valence-electron chi connectivity index (χ1n) is 13.9. The van der Waals surface area contributed by atoms with E-state index in [1.165, 1.54) is 16.7 Å². The molecule has 39 heavy (non-hydrogen) atoms. The van der Waals surface area contributed by atoms with Crippen molar-refractivity contribution in [1.29, 1.82) is 0 Å². The van der Waals surface area contributed by atoms with Gasteiger partial charge in [-0.2, -0.15) is 0 Å². The van der Waals surface area contributed by atoms with E-state index in [-0.39, 0.29) is 23.7 Å². The molecule has 2 fully saturated rings. The summed E-state index contributed by atoms with van der Waals surface area (Å²) in [5.41, 5.74) is 10.5. The lowest BCUT2D eigenvalue weighted by Gasteiger charge is -2.38. The highest BCUT2D eigenvalue weighted by Gasteiger charge is 2.36. The molecule has 0 radical (unpaired) electrons. The van der Waals surface area contributed by atoms with Crippen LogP contribution < -0.4 is 11.1 Å². The Labute approximate surface area is 252 Å². The average molecular weight is 682 g/mol. The lowest BCUT2D eigenvalue weighted by Crippen LogP contribution is -2.48. The van der Waals surface area contributed by atoms with Gasteiger partial charge >= 0.3 is 0 Å². The predicted octanol–water partition coefficient (Wildman–Crippen LogP) is 4.52. The maximum Gasteiger partial charge on any atom is 0.236 e. The summed E-state index contributed by atoms with van der Waals surface area (Å²) in [7, 11) is 0. The number of nitrogens with one attached hydrogen (secondary N) is 1. The zero-order valence-electron chi connectivity index (χ0n) is 22.1. The highest BCUT2D eigenvalue weighted by Crippen LogP contribution is 2.46. The number of fused-ring (bicyclic) bond motifs is 2. The van der Waals surface area contributed by atoms with Gasteiger partial charge in [-0.15, -0.1) is 0 Å². The number of pyridine rings is 1. The SMILES string of the molecule is NCCNC(=O)C1CCN(CC(=O)N2CCC([C@H]3c4ncc(Br)cc4CCc4cc(Cl)cc(Br)c43)CC2)CC1. The Morgan fingerprint density at radius 3 is 2.46 bits per heavy atom. The van der Waals surface area contributed by atoms with Crippen LogP contribution in [0.15, 0.2) is 33.3 Å². The summed E-state index contributed by atoms with van der Waals surface area (Å²) in [6.07, 6.45) is 7.21. The van der Waals surface area contributed by atoms with E-state index in [1.54, 1.807) is 0 Å². The van der Waals surface area contributed by atoms with Gasteiger partial charge in [-0.25, -0.2) is 0 Å². The fourth-order valence-corrected chi connectivity index (χ4v) is 8.00. The molecule has 1 aromatic carbocycles. The topological polar surface area (TPSA) is 91.6 Å². The first-order chi connectivity index (χ1) is 18.8. The molecule has 3 heterocycles. The number of aryl methyl sites for hydroxylation is 2. The zero-order chi connectivity index (χ0) is 27.5. The van der Waals surface area contributed by atoms with E-state index < -0.39 is 0 Å². The molecule has 2 aliphatic heterocycles. The van der Waals surface area contributed by atoms with Crippen LogP contribution in [-0.4, -0.2) is 72.4 Å². The van der Waals surface area contributed by atoms with E-state index in [0.29, 0.717) is 25.6 Å². The summed E-state index contributed by atoms with van der Waals surface area (Å²) in [5, 5.41) is 3.64. The van der Waals surface area contributed by atoms with E-state index in [9.17, 15) is 9.59 Å². The number of hydrogen-bond acceptors (Lipinski definition) is 5. The van der Waals surface area contributed by atoms with Crippen LogP contribution in [0.1, 0.15) is 54.0 Å². The summed E-state index contributed by atoms with van der Waals surface area (Å²) in [4.78, 5) is 34.7.